The van der Waals surface area contributed by atoms with Crippen LogP contribution in [0.3, 0.4) is 0 Å². The van der Waals surface area contributed by atoms with E-state index < -0.39 is 0 Å². The zero-order chi connectivity index (χ0) is 18.5. The molecule has 3 aromatic rings. The number of ether oxygens (including phenoxy) is 3. The topological polar surface area (TPSA) is 83.7 Å². The molecule has 0 aliphatic rings. The predicted octanol–water partition coefficient (Wildman–Crippen LogP) is 3.54. The molecule has 134 valence electrons. The van der Waals surface area contributed by atoms with Crippen LogP contribution in [0.5, 0.6) is 17.2 Å². The van der Waals surface area contributed by atoms with Crippen molar-refractivity contribution in [3.63, 3.8) is 0 Å². The molecule has 0 radical (unpaired) electrons. The molecule has 0 spiro atoms. The third-order valence-electron chi connectivity index (χ3n) is 3.73. The van der Waals surface area contributed by atoms with Crippen LogP contribution in [0.1, 0.15) is 23.2 Å². The van der Waals surface area contributed by atoms with E-state index in [1.165, 1.54) is 14.0 Å². The van der Waals surface area contributed by atoms with E-state index in [1.54, 1.807) is 25.3 Å². The highest BCUT2D eigenvalue weighted by atomic mass is 16.5. The second-order valence-electron chi connectivity index (χ2n) is 5.44. The van der Waals surface area contributed by atoms with Gasteiger partial charge in [-0.3, -0.25) is 4.79 Å². The van der Waals surface area contributed by atoms with Gasteiger partial charge in [0.2, 0.25) is 5.89 Å². The third kappa shape index (κ3) is 3.83. The van der Waals surface area contributed by atoms with Crippen molar-refractivity contribution in [1.82, 2.24) is 10.2 Å². The molecule has 26 heavy (non-hydrogen) atoms. The average Bonchev–Trinajstić information content (AvgIpc) is 3.15. The number of rotatable bonds is 7. The molecule has 1 aromatic heterocycles. The Morgan fingerprint density at radius 3 is 2.42 bits per heavy atom. The van der Waals surface area contributed by atoms with Crippen molar-refractivity contribution in [2.24, 2.45) is 0 Å². The maximum absolute atomic E-state index is 11.4. The average molecular weight is 354 g/mol. The summed E-state index contributed by atoms with van der Waals surface area (Å²) < 4.78 is 21.7. The first-order chi connectivity index (χ1) is 12.6. The van der Waals surface area contributed by atoms with Crippen molar-refractivity contribution in [2.75, 3.05) is 14.2 Å². The van der Waals surface area contributed by atoms with Gasteiger partial charge in [0.05, 0.1) is 14.2 Å². The van der Waals surface area contributed by atoms with Gasteiger partial charge >= 0.3 is 0 Å². The minimum Gasteiger partial charge on any atom is -0.497 e. The van der Waals surface area contributed by atoms with Crippen LogP contribution in [-0.2, 0) is 6.61 Å². The Labute approximate surface area is 150 Å². The number of Topliss-reactive ketones (excluding diaryl/α,β-unsaturated/α-hetero) is 1. The first-order valence-electron chi connectivity index (χ1n) is 7.89. The summed E-state index contributed by atoms with van der Waals surface area (Å²) in [6.45, 7) is 1.58. The molecule has 0 fully saturated rings. The van der Waals surface area contributed by atoms with E-state index in [2.05, 4.69) is 10.2 Å². The summed E-state index contributed by atoms with van der Waals surface area (Å²) in [7, 11) is 3.12. The summed E-state index contributed by atoms with van der Waals surface area (Å²) in [4.78, 5) is 11.4. The summed E-state index contributed by atoms with van der Waals surface area (Å²) in [5, 5.41) is 8.00. The Balaban J connectivity index is 1.70. The normalized spacial score (nSPS) is 10.4. The minimum atomic E-state index is -0.0455. The van der Waals surface area contributed by atoms with E-state index in [4.69, 9.17) is 18.6 Å². The number of ketones is 1. The number of benzene rings is 2. The SMILES string of the molecule is COc1ccc(-c2nnc(COc3ccc(C(C)=O)cc3OC)o2)cc1. The van der Waals surface area contributed by atoms with E-state index in [1.807, 2.05) is 24.3 Å². The number of hydrogen-bond donors (Lipinski definition) is 0. The number of carbonyl (C=O) groups excluding carboxylic acids is 1. The number of nitrogens with zero attached hydrogens (tertiary/aromatic N) is 2. The van der Waals surface area contributed by atoms with Crippen LogP contribution in [0, 0.1) is 0 Å². The molecule has 0 saturated carbocycles. The lowest BCUT2D eigenvalue weighted by Gasteiger charge is -2.10. The summed E-state index contributed by atoms with van der Waals surface area (Å²) in [6.07, 6.45) is 0. The zero-order valence-corrected chi connectivity index (χ0v) is 14.7. The van der Waals surface area contributed by atoms with Crippen LogP contribution in [0.15, 0.2) is 46.9 Å². The van der Waals surface area contributed by atoms with Gasteiger partial charge in [0.15, 0.2) is 23.9 Å². The number of hydrogen-bond acceptors (Lipinski definition) is 7. The molecule has 7 nitrogen and oxygen atoms in total. The Morgan fingerprint density at radius 1 is 1.00 bits per heavy atom. The van der Waals surface area contributed by atoms with Gasteiger partial charge in [-0.1, -0.05) is 0 Å². The maximum atomic E-state index is 11.4. The van der Waals surface area contributed by atoms with E-state index in [9.17, 15) is 4.79 Å². The second-order valence-corrected chi connectivity index (χ2v) is 5.44. The van der Waals surface area contributed by atoms with Crippen molar-refractivity contribution in [1.29, 1.82) is 0 Å². The van der Waals surface area contributed by atoms with E-state index in [0.29, 0.717) is 28.8 Å². The summed E-state index contributed by atoms with van der Waals surface area (Å²) >= 11 is 0. The number of methoxy groups -OCH3 is 2. The smallest absolute Gasteiger partial charge is 0.254 e. The molecule has 0 saturated heterocycles. The molecule has 2 aromatic carbocycles. The lowest BCUT2D eigenvalue weighted by molar-refractivity contribution is 0.101. The Bertz CT molecular complexity index is 903. The fourth-order valence-electron chi connectivity index (χ4n) is 2.31. The molecule has 0 atom stereocenters. The first-order valence-corrected chi connectivity index (χ1v) is 7.89. The van der Waals surface area contributed by atoms with Crippen LogP contribution in [0.25, 0.3) is 11.5 Å². The number of carbonyl (C=O) groups is 1. The van der Waals surface area contributed by atoms with Gasteiger partial charge in [-0.25, -0.2) is 0 Å². The lowest BCUT2D eigenvalue weighted by atomic mass is 10.1. The monoisotopic (exact) mass is 354 g/mol. The highest BCUT2D eigenvalue weighted by Crippen LogP contribution is 2.29. The van der Waals surface area contributed by atoms with E-state index >= 15 is 0 Å². The Kier molecular flexibility index (Phi) is 5.17. The van der Waals surface area contributed by atoms with Gasteiger partial charge in [-0.15, -0.1) is 10.2 Å². The quantitative estimate of drug-likeness (QED) is 0.600. The Hall–Kier alpha value is -3.35. The summed E-state index contributed by atoms with van der Waals surface area (Å²) in [5.74, 6) is 2.38. The van der Waals surface area contributed by atoms with Gasteiger partial charge < -0.3 is 18.6 Å². The zero-order valence-electron chi connectivity index (χ0n) is 14.7. The van der Waals surface area contributed by atoms with Crippen LogP contribution in [-0.4, -0.2) is 30.2 Å². The van der Waals surface area contributed by atoms with Crippen molar-refractivity contribution in [3.05, 3.63) is 53.9 Å². The van der Waals surface area contributed by atoms with Crippen molar-refractivity contribution in [2.45, 2.75) is 13.5 Å². The van der Waals surface area contributed by atoms with Gasteiger partial charge in [-0.2, -0.15) is 0 Å². The molecule has 7 heteroatoms. The molecule has 3 rings (SSSR count). The van der Waals surface area contributed by atoms with Gasteiger partial charge in [0.25, 0.3) is 5.89 Å². The third-order valence-corrected chi connectivity index (χ3v) is 3.73. The molecule has 0 aliphatic heterocycles. The maximum Gasteiger partial charge on any atom is 0.254 e. The second kappa shape index (κ2) is 7.69. The highest BCUT2D eigenvalue weighted by molar-refractivity contribution is 5.94. The molecular formula is C19H18N2O5. The van der Waals surface area contributed by atoms with Gasteiger partial charge in [0.1, 0.15) is 5.75 Å². The van der Waals surface area contributed by atoms with Crippen LogP contribution >= 0.6 is 0 Å². The largest absolute Gasteiger partial charge is 0.497 e. The first kappa shape index (κ1) is 17.5. The molecule has 0 aliphatic carbocycles. The molecular weight excluding hydrogens is 336 g/mol. The van der Waals surface area contributed by atoms with Crippen LogP contribution < -0.4 is 14.2 Å². The van der Waals surface area contributed by atoms with E-state index in [0.717, 1.165) is 11.3 Å². The van der Waals surface area contributed by atoms with Crippen molar-refractivity contribution in [3.8, 4) is 28.7 Å². The van der Waals surface area contributed by atoms with Crippen LogP contribution in [0.2, 0.25) is 0 Å². The van der Waals surface area contributed by atoms with E-state index in [-0.39, 0.29) is 12.4 Å². The molecule has 0 unspecified atom stereocenters. The molecule has 0 bridgehead atoms. The van der Waals surface area contributed by atoms with Crippen molar-refractivity contribution < 1.29 is 23.4 Å². The molecule has 0 amide bonds. The van der Waals surface area contributed by atoms with Gasteiger partial charge in [0, 0.05) is 11.1 Å². The fraction of sp³-hybridized carbons (Fsp3) is 0.211. The summed E-state index contributed by atoms with van der Waals surface area (Å²) in [6, 6.07) is 12.3. The Morgan fingerprint density at radius 2 is 1.77 bits per heavy atom. The minimum absolute atomic E-state index is 0.0455. The lowest BCUT2D eigenvalue weighted by Crippen LogP contribution is -2.00. The van der Waals surface area contributed by atoms with Crippen molar-refractivity contribution >= 4 is 5.78 Å². The van der Waals surface area contributed by atoms with Crippen LogP contribution in [0.4, 0.5) is 0 Å². The highest BCUT2D eigenvalue weighted by Gasteiger charge is 2.12. The standard InChI is InChI=1S/C19H18N2O5/c1-12(22)14-6-9-16(17(10-14)24-3)25-11-18-20-21-19(26-18)13-4-7-15(23-2)8-5-13/h4-10H,11H2,1-3H3. The fourth-order valence-corrected chi connectivity index (χ4v) is 2.31. The number of aromatic nitrogens is 2. The summed E-state index contributed by atoms with van der Waals surface area (Å²) in [5.41, 5.74) is 1.33. The van der Waals surface area contributed by atoms with Gasteiger partial charge in [-0.05, 0) is 49.4 Å². The molecule has 0 N–H and O–H groups in total. The molecule has 1 heterocycles. The predicted molar refractivity (Wildman–Crippen MR) is 93.6 cm³/mol.